The van der Waals surface area contributed by atoms with Gasteiger partial charge in [-0.3, -0.25) is 0 Å². The van der Waals surface area contributed by atoms with E-state index in [0.29, 0.717) is 28.6 Å². The van der Waals surface area contributed by atoms with E-state index in [1.54, 1.807) is 18.2 Å². The Kier molecular flexibility index (Phi) is 4.65. The van der Waals surface area contributed by atoms with Gasteiger partial charge in [0.25, 0.3) is 0 Å². The van der Waals surface area contributed by atoms with Crippen LogP contribution in [0.1, 0.15) is 24.0 Å². The summed E-state index contributed by atoms with van der Waals surface area (Å²) in [4.78, 5) is 11.0. The van der Waals surface area contributed by atoms with E-state index in [-0.39, 0.29) is 17.7 Å². The molecule has 4 rings (SSSR count). The van der Waals surface area contributed by atoms with Crippen molar-refractivity contribution in [1.29, 1.82) is 5.26 Å². The van der Waals surface area contributed by atoms with E-state index in [1.807, 2.05) is 6.07 Å². The van der Waals surface area contributed by atoms with Crippen LogP contribution >= 0.6 is 0 Å². The number of nitriles is 1. The van der Waals surface area contributed by atoms with Gasteiger partial charge in [0, 0.05) is 41.4 Å². The highest BCUT2D eigenvalue weighted by molar-refractivity contribution is 5.96. The van der Waals surface area contributed by atoms with Gasteiger partial charge < -0.3 is 15.6 Å². The second-order valence-electron chi connectivity index (χ2n) is 6.72. The molecule has 1 saturated heterocycles. The zero-order chi connectivity index (χ0) is 19.7. The molecule has 0 bridgehead atoms. The van der Waals surface area contributed by atoms with Crippen LogP contribution in [0.3, 0.4) is 0 Å². The van der Waals surface area contributed by atoms with Crippen LogP contribution in [-0.2, 0) is 6.18 Å². The lowest BCUT2D eigenvalue weighted by Crippen LogP contribution is -2.38. The second kappa shape index (κ2) is 7.13. The molecule has 1 aliphatic rings. The fourth-order valence-electron chi connectivity index (χ4n) is 3.41. The maximum Gasteiger partial charge on any atom is 0.419 e. The number of fused-ring (bicyclic) bond motifs is 1. The van der Waals surface area contributed by atoms with Crippen molar-refractivity contribution >= 4 is 16.9 Å². The van der Waals surface area contributed by atoms with E-state index in [2.05, 4.69) is 25.6 Å². The summed E-state index contributed by atoms with van der Waals surface area (Å²) in [5.74, 6) is 0.166. The third kappa shape index (κ3) is 3.51. The molecular weight excluding hydrogens is 369 g/mol. The predicted octanol–water partition coefficient (Wildman–Crippen LogP) is 3.68. The molecule has 1 unspecified atom stereocenters. The van der Waals surface area contributed by atoms with E-state index >= 15 is 0 Å². The molecular formula is C19H17F3N6. The smallest absolute Gasteiger partial charge is 0.360 e. The average molecular weight is 386 g/mol. The Labute approximate surface area is 158 Å². The fourth-order valence-corrected chi connectivity index (χ4v) is 3.41. The van der Waals surface area contributed by atoms with E-state index in [4.69, 9.17) is 5.26 Å². The van der Waals surface area contributed by atoms with Gasteiger partial charge in [0.15, 0.2) is 0 Å². The Bertz CT molecular complexity index is 1040. The first-order valence-electron chi connectivity index (χ1n) is 8.89. The number of rotatable bonds is 3. The van der Waals surface area contributed by atoms with E-state index in [9.17, 15) is 13.2 Å². The lowest BCUT2D eigenvalue weighted by molar-refractivity contribution is -0.137. The number of aromatic amines is 1. The Balaban J connectivity index is 1.79. The Morgan fingerprint density at radius 3 is 2.86 bits per heavy atom. The quantitative estimate of drug-likeness (QED) is 0.639. The molecule has 0 spiro atoms. The van der Waals surface area contributed by atoms with Gasteiger partial charge in [-0.2, -0.15) is 18.4 Å². The number of piperidine rings is 1. The van der Waals surface area contributed by atoms with Crippen LogP contribution in [0.4, 0.5) is 19.1 Å². The SMILES string of the molecule is N#Cc1ccc2c(-c3nc(NC4CCCNC4)ncc3C(F)(F)F)c[nH]c2c1. The molecule has 0 saturated carbocycles. The minimum Gasteiger partial charge on any atom is -0.360 e. The van der Waals surface area contributed by atoms with Gasteiger partial charge in [-0.25, -0.2) is 9.97 Å². The van der Waals surface area contributed by atoms with Crippen molar-refractivity contribution in [2.45, 2.75) is 25.1 Å². The maximum atomic E-state index is 13.6. The Hall–Kier alpha value is -3.12. The van der Waals surface area contributed by atoms with Gasteiger partial charge in [-0.1, -0.05) is 6.07 Å². The van der Waals surface area contributed by atoms with Crippen LogP contribution in [0, 0.1) is 11.3 Å². The molecule has 1 fully saturated rings. The third-order valence-corrected chi connectivity index (χ3v) is 4.79. The van der Waals surface area contributed by atoms with E-state index < -0.39 is 11.7 Å². The van der Waals surface area contributed by atoms with Crippen molar-refractivity contribution < 1.29 is 13.2 Å². The monoisotopic (exact) mass is 386 g/mol. The number of halogens is 3. The van der Waals surface area contributed by atoms with Gasteiger partial charge >= 0.3 is 6.18 Å². The summed E-state index contributed by atoms with van der Waals surface area (Å²) in [6, 6.07) is 6.88. The first-order chi connectivity index (χ1) is 13.5. The summed E-state index contributed by atoms with van der Waals surface area (Å²) < 4.78 is 40.8. The largest absolute Gasteiger partial charge is 0.419 e. The summed E-state index contributed by atoms with van der Waals surface area (Å²) in [6.45, 7) is 1.64. The number of hydrogen-bond donors (Lipinski definition) is 3. The molecule has 1 aromatic carbocycles. The van der Waals surface area contributed by atoms with Crippen molar-refractivity contribution in [3.63, 3.8) is 0 Å². The number of benzene rings is 1. The molecule has 2 aromatic heterocycles. The average Bonchev–Trinajstić information content (AvgIpc) is 3.11. The number of nitrogens with zero attached hydrogens (tertiary/aromatic N) is 3. The standard InChI is InChI=1S/C19H17F3N6/c20-19(21,22)15-10-26-18(27-12-2-1-5-24-8-12)28-17(15)14-9-25-16-6-11(7-23)3-4-13(14)16/h3-4,6,9-10,12,24-25H,1-2,5,8H2,(H,26,27,28). The van der Waals surface area contributed by atoms with Crippen LogP contribution in [0.2, 0.25) is 0 Å². The molecule has 3 aromatic rings. The number of anilines is 1. The fraction of sp³-hybridized carbons (Fsp3) is 0.316. The lowest BCUT2D eigenvalue weighted by atomic mass is 10.0. The summed E-state index contributed by atoms with van der Waals surface area (Å²) in [5, 5.41) is 15.9. The minimum atomic E-state index is -4.59. The summed E-state index contributed by atoms with van der Waals surface area (Å²) in [6.07, 6.45) is -0.402. The number of nitrogens with one attached hydrogen (secondary N) is 3. The Morgan fingerprint density at radius 2 is 2.14 bits per heavy atom. The molecule has 28 heavy (non-hydrogen) atoms. The Morgan fingerprint density at radius 1 is 1.29 bits per heavy atom. The van der Waals surface area contributed by atoms with Crippen LogP contribution in [0.15, 0.2) is 30.6 Å². The topological polar surface area (TPSA) is 89.4 Å². The van der Waals surface area contributed by atoms with Gasteiger partial charge in [0.05, 0.1) is 17.3 Å². The van der Waals surface area contributed by atoms with Crippen molar-refractivity contribution in [1.82, 2.24) is 20.3 Å². The van der Waals surface area contributed by atoms with Crippen LogP contribution < -0.4 is 10.6 Å². The number of H-pyrrole nitrogens is 1. The van der Waals surface area contributed by atoms with E-state index in [1.165, 1.54) is 6.20 Å². The predicted molar refractivity (Wildman–Crippen MR) is 98.6 cm³/mol. The lowest BCUT2D eigenvalue weighted by Gasteiger charge is -2.24. The zero-order valence-corrected chi connectivity index (χ0v) is 14.8. The molecule has 3 N–H and O–H groups in total. The van der Waals surface area contributed by atoms with Crippen LogP contribution in [0.25, 0.3) is 22.2 Å². The van der Waals surface area contributed by atoms with Crippen molar-refractivity contribution in [2.75, 3.05) is 18.4 Å². The molecule has 0 aliphatic carbocycles. The highest BCUT2D eigenvalue weighted by atomic mass is 19.4. The molecule has 3 heterocycles. The van der Waals surface area contributed by atoms with Gasteiger partial charge in [-0.15, -0.1) is 0 Å². The molecule has 6 nitrogen and oxygen atoms in total. The summed E-state index contributed by atoms with van der Waals surface area (Å²) in [5.41, 5.74) is 0.229. The highest BCUT2D eigenvalue weighted by Crippen LogP contribution is 2.38. The highest BCUT2D eigenvalue weighted by Gasteiger charge is 2.36. The molecule has 1 atom stereocenters. The van der Waals surface area contributed by atoms with Crippen LogP contribution in [-0.4, -0.2) is 34.1 Å². The van der Waals surface area contributed by atoms with Crippen molar-refractivity contribution in [2.24, 2.45) is 0 Å². The minimum absolute atomic E-state index is 0.0690. The van der Waals surface area contributed by atoms with Gasteiger partial charge in [0.2, 0.25) is 5.95 Å². The van der Waals surface area contributed by atoms with Gasteiger partial charge in [0.1, 0.15) is 5.56 Å². The number of aromatic nitrogens is 3. The van der Waals surface area contributed by atoms with Gasteiger partial charge in [-0.05, 0) is 31.5 Å². The first-order valence-corrected chi connectivity index (χ1v) is 8.89. The molecule has 9 heteroatoms. The first kappa shape index (κ1) is 18.3. The zero-order valence-electron chi connectivity index (χ0n) is 14.8. The normalized spacial score (nSPS) is 17.4. The number of hydrogen-bond acceptors (Lipinski definition) is 5. The van der Waals surface area contributed by atoms with Crippen molar-refractivity contribution in [3.05, 3.63) is 41.7 Å². The molecule has 0 amide bonds. The van der Waals surface area contributed by atoms with Crippen LogP contribution in [0.5, 0.6) is 0 Å². The molecule has 0 radical (unpaired) electrons. The number of alkyl halides is 3. The van der Waals surface area contributed by atoms with Crippen molar-refractivity contribution in [3.8, 4) is 17.3 Å². The molecule has 1 aliphatic heterocycles. The summed E-state index contributed by atoms with van der Waals surface area (Å²) in [7, 11) is 0. The summed E-state index contributed by atoms with van der Waals surface area (Å²) >= 11 is 0. The molecule has 144 valence electrons. The maximum absolute atomic E-state index is 13.6. The van der Waals surface area contributed by atoms with E-state index in [0.717, 1.165) is 25.6 Å². The third-order valence-electron chi connectivity index (χ3n) is 4.79. The second-order valence-corrected chi connectivity index (χ2v) is 6.72.